The van der Waals surface area contributed by atoms with Gasteiger partial charge in [-0.15, -0.1) is 12.4 Å². The van der Waals surface area contributed by atoms with Gasteiger partial charge in [0.25, 0.3) is 0 Å². The summed E-state index contributed by atoms with van der Waals surface area (Å²) < 4.78 is 0. The fourth-order valence-corrected chi connectivity index (χ4v) is 2.57. The number of piperazine rings is 1. The van der Waals surface area contributed by atoms with Crippen LogP contribution in [-0.4, -0.2) is 30.4 Å². The van der Waals surface area contributed by atoms with Crippen molar-refractivity contribution in [3.63, 3.8) is 0 Å². The lowest BCUT2D eigenvalue weighted by atomic mass is 10.0. The van der Waals surface area contributed by atoms with Gasteiger partial charge in [-0.05, 0) is 24.1 Å². The number of benzene rings is 1. The zero-order chi connectivity index (χ0) is 13.0. The van der Waals surface area contributed by atoms with Crippen LogP contribution in [0.1, 0.15) is 31.4 Å². The molecular weight excluding hydrogens is 283 g/mol. The van der Waals surface area contributed by atoms with Gasteiger partial charge in [0.1, 0.15) is 0 Å². The number of nitrogens with zero attached hydrogens (tertiary/aromatic N) is 1. The van der Waals surface area contributed by atoms with Crippen LogP contribution in [0.4, 0.5) is 0 Å². The number of hydrogen-bond acceptors (Lipinski definition) is 2. The number of rotatable bonds is 3. The van der Waals surface area contributed by atoms with E-state index in [1.807, 2.05) is 36.1 Å². The third kappa shape index (κ3) is 4.10. The first kappa shape index (κ1) is 16.3. The normalized spacial score (nSPS) is 18.8. The first-order valence-corrected chi connectivity index (χ1v) is 6.86. The van der Waals surface area contributed by atoms with Crippen LogP contribution in [0.5, 0.6) is 0 Å². The molecule has 1 fully saturated rings. The smallest absolute Gasteiger partial charge is 0.223 e. The van der Waals surface area contributed by atoms with Crippen molar-refractivity contribution in [3.05, 3.63) is 34.9 Å². The summed E-state index contributed by atoms with van der Waals surface area (Å²) in [5.41, 5.74) is 1.11. The minimum absolute atomic E-state index is 0. The highest BCUT2D eigenvalue weighted by molar-refractivity contribution is 6.30. The molecule has 0 radical (unpaired) electrons. The van der Waals surface area contributed by atoms with Gasteiger partial charge in [-0.2, -0.15) is 0 Å². The molecule has 1 amide bonds. The van der Waals surface area contributed by atoms with Gasteiger partial charge < -0.3 is 10.2 Å². The fourth-order valence-electron chi connectivity index (χ4n) is 2.37. The van der Waals surface area contributed by atoms with Gasteiger partial charge in [-0.25, -0.2) is 0 Å². The summed E-state index contributed by atoms with van der Waals surface area (Å²) in [6.45, 7) is 4.48. The third-order valence-electron chi connectivity index (χ3n) is 3.26. The van der Waals surface area contributed by atoms with Crippen molar-refractivity contribution in [3.8, 4) is 0 Å². The molecule has 1 N–H and O–H groups in total. The minimum atomic E-state index is 0. The summed E-state index contributed by atoms with van der Waals surface area (Å²) in [6.07, 6.45) is 1.52. The Labute approximate surface area is 125 Å². The van der Waals surface area contributed by atoms with E-state index in [0.717, 1.165) is 36.6 Å². The number of halogens is 2. The molecule has 1 atom stereocenters. The standard InChI is InChI=1S/C14H19ClN2O.ClH/c1-2-4-14(18)17-8-7-16-10-13(17)11-5-3-6-12(15)9-11;/h3,5-6,9,13,16H,2,4,7-8,10H2,1H3;1H. The van der Waals surface area contributed by atoms with Crippen molar-refractivity contribution in [2.75, 3.05) is 19.6 Å². The van der Waals surface area contributed by atoms with Crippen molar-refractivity contribution < 1.29 is 4.79 Å². The molecule has 1 saturated heterocycles. The molecule has 19 heavy (non-hydrogen) atoms. The van der Waals surface area contributed by atoms with Crippen LogP contribution < -0.4 is 5.32 Å². The number of nitrogens with one attached hydrogen (secondary N) is 1. The van der Waals surface area contributed by atoms with Gasteiger partial charge in [-0.3, -0.25) is 4.79 Å². The molecule has 1 aromatic carbocycles. The van der Waals surface area contributed by atoms with Crippen LogP contribution in [0.2, 0.25) is 5.02 Å². The van der Waals surface area contributed by atoms with Gasteiger partial charge >= 0.3 is 0 Å². The molecule has 1 aliphatic rings. The van der Waals surface area contributed by atoms with E-state index in [9.17, 15) is 4.79 Å². The maximum Gasteiger partial charge on any atom is 0.223 e. The summed E-state index contributed by atoms with van der Waals surface area (Å²) in [4.78, 5) is 14.1. The van der Waals surface area contributed by atoms with E-state index in [0.29, 0.717) is 6.42 Å². The largest absolute Gasteiger partial charge is 0.333 e. The van der Waals surface area contributed by atoms with Crippen molar-refractivity contribution in [1.82, 2.24) is 10.2 Å². The van der Waals surface area contributed by atoms with Crippen molar-refractivity contribution in [2.45, 2.75) is 25.8 Å². The lowest BCUT2D eigenvalue weighted by Gasteiger charge is -2.36. The lowest BCUT2D eigenvalue weighted by Crippen LogP contribution is -2.48. The maximum absolute atomic E-state index is 12.1. The molecule has 106 valence electrons. The van der Waals surface area contributed by atoms with Gasteiger partial charge in [0.05, 0.1) is 6.04 Å². The van der Waals surface area contributed by atoms with E-state index < -0.39 is 0 Å². The predicted molar refractivity (Wildman–Crippen MR) is 80.9 cm³/mol. The Kier molecular flexibility index (Phi) is 6.63. The molecule has 3 nitrogen and oxygen atoms in total. The highest BCUT2D eigenvalue weighted by Crippen LogP contribution is 2.25. The Morgan fingerprint density at radius 3 is 3.00 bits per heavy atom. The van der Waals surface area contributed by atoms with E-state index in [1.165, 1.54) is 0 Å². The Morgan fingerprint density at radius 1 is 1.53 bits per heavy atom. The lowest BCUT2D eigenvalue weighted by molar-refractivity contribution is -0.134. The number of amides is 1. The van der Waals surface area contributed by atoms with Crippen LogP contribution in [0.3, 0.4) is 0 Å². The van der Waals surface area contributed by atoms with E-state index in [4.69, 9.17) is 11.6 Å². The Hall–Kier alpha value is -0.770. The molecule has 2 rings (SSSR count). The van der Waals surface area contributed by atoms with Crippen molar-refractivity contribution in [2.24, 2.45) is 0 Å². The number of carbonyl (C=O) groups excluding carboxylic acids is 1. The van der Waals surface area contributed by atoms with E-state index in [2.05, 4.69) is 5.32 Å². The Morgan fingerprint density at radius 2 is 2.32 bits per heavy atom. The summed E-state index contributed by atoms with van der Waals surface area (Å²) >= 11 is 6.03. The molecule has 0 aliphatic carbocycles. The van der Waals surface area contributed by atoms with Crippen LogP contribution in [0.25, 0.3) is 0 Å². The highest BCUT2D eigenvalue weighted by atomic mass is 35.5. The average Bonchev–Trinajstić information content (AvgIpc) is 2.39. The van der Waals surface area contributed by atoms with Crippen molar-refractivity contribution in [1.29, 1.82) is 0 Å². The monoisotopic (exact) mass is 302 g/mol. The van der Waals surface area contributed by atoms with Crippen LogP contribution in [0.15, 0.2) is 24.3 Å². The van der Waals surface area contributed by atoms with Crippen molar-refractivity contribution >= 4 is 29.9 Å². The highest BCUT2D eigenvalue weighted by Gasteiger charge is 2.27. The van der Waals surface area contributed by atoms with Gasteiger partial charge in [0, 0.05) is 31.1 Å². The molecule has 0 bridgehead atoms. The third-order valence-corrected chi connectivity index (χ3v) is 3.50. The summed E-state index contributed by atoms with van der Waals surface area (Å²) in [5, 5.41) is 4.07. The van der Waals surface area contributed by atoms with Gasteiger partial charge in [0.2, 0.25) is 5.91 Å². The van der Waals surface area contributed by atoms with Crippen LogP contribution in [-0.2, 0) is 4.79 Å². The van der Waals surface area contributed by atoms with E-state index in [-0.39, 0.29) is 24.4 Å². The topological polar surface area (TPSA) is 32.3 Å². The SMILES string of the molecule is CCCC(=O)N1CCNCC1c1cccc(Cl)c1.Cl. The van der Waals surface area contributed by atoms with Crippen LogP contribution in [0, 0.1) is 0 Å². The van der Waals surface area contributed by atoms with Crippen LogP contribution >= 0.6 is 24.0 Å². The second-order valence-electron chi connectivity index (χ2n) is 4.61. The second kappa shape index (κ2) is 7.73. The molecule has 5 heteroatoms. The van der Waals surface area contributed by atoms with Gasteiger partial charge in [0.15, 0.2) is 0 Å². The molecular formula is C14H20Cl2N2O. The minimum Gasteiger partial charge on any atom is -0.333 e. The molecule has 1 unspecified atom stereocenters. The molecule has 1 heterocycles. The number of carbonyl (C=O) groups is 1. The molecule has 0 aromatic heterocycles. The first-order chi connectivity index (χ1) is 8.72. The van der Waals surface area contributed by atoms with E-state index >= 15 is 0 Å². The zero-order valence-corrected chi connectivity index (χ0v) is 12.6. The molecule has 1 aliphatic heterocycles. The summed E-state index contributed by atoms with van der Waals surface area (Å²) in [5.74, 6) is 0.240. The van der Waals surface area contributed by atoms with Gasteiger partial charge in [-0.1, -0.05) is 30.7 Å². The summed E-state index contributed by atoms with van der Waals surface area (Å²) in [6, 6.07) is 7.90. The second-order valence-corrected chi connectivity index (χ2v) is 5.05. The summed E-state index contributed by atoms with van der Waals surface area (Å²) in [7, 11) is 0. The molecule has 1 aromatic rings. The Balaban J connectivity index is 0.00000180. The Bertz CT molecular complexity index is 426. The molecule has 0 saturated carbocycles. The maximum atomic E-state index is 12.1. The van der Waals surface area contributed by atoms with E-state index in [1.54, 1.807) is 0 Å². The fraction of sp³-hybridized carbons (Fsp3) is 0.500. The predicted octanol–water partition coefficient (Wildman–Crippen LogP) is 3.03. The number of hydrogen-bond donors (Lipinski definition) is 1. The first-order valence-electron chi connectivity index (χ1n) is 6.48. The molecule has 0 spiro atoms. The zero-order valence-electron chi connectivity index (χ0n) is 11.1. The quantitative estimate of drug-likeness (QED) is 0.931. The average molecular weight is 303 g/mol.